The van der Waals surface area contributed by atoms with E-state index in [0.717, 1.165) is 5.57 Å². The van der Waals surface area contributed by atoms with Crippen LogP contribution in [0.4, 0.5) is 0 Å². The number of carbonyl (C=O) groups is 2. The highest BCUT2D eigenvalue weighted by molar-refractivity contribution is 6.04. The largest absolute Gasteiger partial charge is 0.480 e. The van der Waals surface area contributed by atoms with Gasteiger partial charge in [-0.05, 0) is 26.7 Å². The summed E-state index contributed by atoms with van der Waals surface area (Å²) in [4.78, 5) is 24.5. The second-order valence-corrected chi connectivity index (χ2v) is 4.16. The zero-order valence-electron chi connectivity index (χ0n) is 9.25. The Labute approximate surface area is 89.6 Å². The molecule has 4 nitrogen and oxygen atoms in total. The van der Waals surface area contributed by atoms with Gasteiger partial charge in [0.15, 0.2) is 0 Å². The van der Waals surface area contributed by atoms with Crippen LogP contribution in [-0.4, -0.2) is 35.0 Å². The Morgan fingerprint density at radius 3 is 2.27 bits per heavy atom. The molecule has 0 unspecified atom stereocenters. The highest BCUT2D eigenvalue weighted by Crippen LogP contribution is 2.47. The van der Waals surface area contributed by atoms with E-state index in [1.807, 2.05) is 13.8 Å². The number of carboxylic acid groups (broad SMARTS) is 1. The number of hydrogen-bond donors (Lipinski definition) is 1. The van der Waals surface area contributed by atoms with Crippen LogP contribution in [0.3, 0.4) is 0 Å². The van der Waals surface area contributed by atoms with E-state index in [1.165, 1.54) is 0 Å². The van der Waals surface area contributed by atoms with Gasteiger partial charge in [0, 0.05) is 13.1 Å². The van der Waals surface area contributed by atoms with Gasteiger partial charge >= 0.3 is 5.97 Å². The van der Waals surface area contributed by atoms with Crippen molar-refractivity contribution < 1.29 is 14.7 Å². The van der Waals surface area contributed by atoms with Crippen molar-refractivity contribution in [3.05, 3.63) is 12.2 Å². The third kappa shape index (κ3) is 2.19. The Kier molecular flexibility index (Phi) is 3.17. The van der Waals surface area contributed by atoms with Crippen molar-refractivity contribution in [3.63, 3.8) is 0 Å². The van der Waals surface area contributed by atoms with Crippen molar-refractivity contribution in [2.45, 2.75) is 26.7 Å². The number of carbonyl (C=O) groups excluding carboxylic acids is 1. The zero-order valence-corrected chi connectivity index (χ0v) is 9.25. The molecule has 1 N–H and O–H groups in total. The molecule has 0 atom stereocenters. The van der Waals surface area contributed by atoms with Crippen LogP contribution < -0.4 is 0 Å². The van der Waals surface area contributed by atoms with Crippen molar-refractivity contribution in [1.82, 2.24) is 4.90 Å². The predicted molar refractivity (Wildman–Crippen MR) is 56.4 cm³/mol. The van der Waals surface area contributed by atoms with Crippen LogP contribution in [-0.2, 0) is 9.59 Å². The maximum Gasteiger partial charge on any atom is 0.319 e. The second kappa shape index (κ2) is 4.04. The second-order valence-electron chi connectivity index (χ2n) is 4.16. The molecule has 0 heterocycles. The molecule has 0 aliphatic heterocycles. The average molecular weight is 211 g/mol. The quantitative estimate of drug-likeness (QED) is 0.550. The summed E-state index contributed by atoms with van der Waals surface area (Å²) in [5.74, 6) is -1.26. The molecule has 0 aromatic rings. The number of amides is 1. The minimum atomic E-state index is -1.12. The summed E-state index contributed by atoms with van der Waals surface area (Å²) in [5.41, 5.74) is -0.253. The summed E-state index contributed by atoms with van der Waals surface area (Å²) in [5, 5.41) is 8.98. The fourth-order valence-electron chi connectivity index (χ4n) is 1.60. The molecule has 1 fully saturated rings. The lowest BCUT2D eigenvalue weighted by Crippen LogP contribution is -2.41. The molecule has 0 radical (unpaired) electrons. The third-order valence-electron chi connectivity index (χ3n) is 2.70. The smallest absolute Gasteiger partial charge is 0.319 e. The molecular formula is C11H17NO3. The first-order valence-electron chi connectivity index (χ1n) is 5.11. The van der Waals surface area contributed by atoms with Crippen LogP contribution in [0.1, 0.15) is 26.7 Å². The fraction of sp³-hybridized carbons (Fsp3) is 0.636. The van der Waals surface area contributed by atoms with Gasteiger partial charge < -0.3 is 10.0 Å². The minimum absolute atomic E-state index is 0.263. The summed E-state index contributed by atoms with van der Waals surface area (Å²) < 4.78 is 0. The highest BCUT2D eigenvalue weighted by Gasteiger charge is 2.58. The monoisotopic (exact) mass is 211 g/mol. The lowest BCUT2D eigenvalue weighted by Gasteiger charge is -2.24. The molecule has 0 spiro atoms. The first-order valence-corrected chi connectivity index (χ1v) is 5.11. The molecule has 0 bridgehead atoms. The summed E-state index contributed by atoms with van der Waals surface area (Å²) in [6, 6.07) is 0. The number of nitrogens with zero attached hydrogens (tertiary/aromatic N) is 1. The normalized spacial score (nSPS) is 16.9. The van der Waals surface area contributed by atoms with Gasteiger partial charge in [0.25, 0.3) is 0 Å². The van der Waals surface area contributed by atoms with Crippen molar-refractivity contribution in [1.29, 1.82) is 0 Å². The van der Waals surface area contributed by atoms with E-state index in [9.17, 15) is 9.59 Å². The maximum atomic E-state index is 11.9. The Hall–Kier alpha value is -1.32. The molecular weight excluding hydrogens is 194 g/mol. The topological polar surface area (TPSA) is 57.6 Å². The Bertz CT molecular complexity index is 305. The Morgan fingerprint density at radius 2 is 2.00 bits per heavy atom. The SMILES string of the molecule is C=C(C)CN(CC)C(=O)C1(C(=O)O)CC1. The highest BCUT2D eigenvalue weighted by atomic mass is 16.4. The predicted octanol–water partition coefficient (Wildman–Crippen LogP) is 1.28. The number of likely N-dealkylation sites (N-methyl/N-ethyl adjacent to an activating group) is 1. The number of hydrogen-bond acceptors (Lipinski definition) is 2. The lowest BCUT2D eigenvalue weighted by atomic mass is 10.1. The number of carboxylic acids is 1. The van der Waals surface area contributed by atoms with Gasteiger partial charge in [-0.15, -0.1) is 0 Å². The van der Waals surface area contributed by atoms with Crippen molar-refractivity contribution in [2.24, 2.45) is 5.41 Å². The molecule has 15 heavy (non-hydrogen) atoms. The molecule has 0 aromatic heterocycles. The van der Waals surface area contributed by atoms with Crippen LogP contribution in [0.2, 0.25) is 0 Å². The molecule has 1 amide bonds. The van der Waals surface area contributed by atoms with E-state index >= 15 is 0 Å². The van der Waals surface area contributed by atoms with E-state index < -0.39 is 11.4 Å². The van der Waals surface area contributed by atoms with E-state index in [0.29, 0.717) is 25.9 Å². The average Bonchev–Trinajstić information content (AvgIpc) is 2.93. The molecule has 1 rings (SSSR count). The van der Waals surface area contributed by atoms with Crippen LogP contribution >= 0.6 is 0 Å². The summed E-state index contributed by atoms with van der Waals surface area (Å²) in [7, 11) is 0. The van der Waals surface area contributed by atoms with Crippen LogP contribution in [0, 0.1) is 5.41 Å². The number of aliphatic carboxylic acids is 1. The van der Waals surface area contributed by atoms with Gasteiger partial charge in [0.2, 0.25) is 5.91 Å². The summed E-state index contributed by atoms with van der Waals surface area (Å²) >= 11 is 0. The maximum absolute atomic E-state index is 11.9. The molecule has 1 aliphatic rings. The van der Waals surface area contributed by atoms with Crippen molar-refractivity contribution in [3.8, 4) is 0 Å². The zero-order chi connectivity index (χ0) is 11.6. The molecule has 0 saturated heterocycles. The van der Waals surface area contributed by atoms with Gasteiger partial charge in [-0.3, -0.25) is 9.59 Å². The third-order valence-corrected chi connectivity index (χ3v) is 2.70. The van der Waals surface area contributed by atoms with Crippen molar-refractivity contribution in [2.75, 3.05) is 13.1 Å². The van der Waals surface area contributed by atoms with Crippen molar-refractivity contribution >= 4 is 11.9 Å². The van der Waals surface area contributed by atoms with E-state index in [2.05, 4.69) is 6.58 Å². The van der Waals surface area contributed by atoms with E-state index in [4.69, 9.17) is 5.11 Å². The molecule has 0 aromatic carbocycles. The van der Waals surface area contributed by atoms with Gasteiger partial charge in [-0.1, -0.05) is 12.2 Å². The number of rotatable bonds is 5. The van der Waals surface area contributed by atoms with Gasteiger partial charge in [0.1, 0.15) is 5.41 Å². The van der Waals surface area contributed by atoms with Crippen LogP contribution in [0.15, 0.2) is 12.2 Å². The van der Waals surface area contributed by atoms with Crippen LogP contribution in [0.5, 0.6) is 0 Å². The van der Waals surface area contributed by atoms with Gasteiger partial charge in [0.05, 0.1) is 0 Å². The molecule has 1 saturated carbocycles. The standard InChI is InChI=1S/C11H17NO3/c1-4-12(7-8(2)3)9(13)11(5-6-11)10(14)15/h2,4-7H2,1,3H3,(H,14,15). The van der Waals surface area contributed by atoms with Gasteiger partial charge in [-0.25, -0.2) is 0 Å². The van der Waals surface area contributed by atoms with E-state index in [-0.39, 0.29) is 5.91 Å². The molecule has 1 aliphatic carbocycles. The summed E-state index contributed by atoms with van der Waals surface area (Å²) in [6.07, 6.45) is 0.932. The Morgan fingerprint density at radius 1 is 1.47 bits per heavy atom. The van der Waals surface area contributed by atoms with Gasteiger partial charge in [-0.2, -0.15) is 0 Å². The minimum Gasteiger partial charge on any atom is -0.480 e. The first kappa shape index (κ1) is 11.8. The first-order chi connectivity index (χ1) is 6.94. The fourth-order valence-corrected chi connectivity index (χ4v) is 1.60. The summed E-state index contributed by atoms with van der Waals surface area (Å²) in [6.45, 7) is 8.38. The lowest BCUT2D eigenvalue weighted by molar-refractivity contribution is -0.153. The van der Waals surface area contributed by atoms with E-state index in [1.54, 1.807) is 4.90 Å². The Balaban J connectivity index is 2.73. The molecule has 84 valence electrons. The molecule has 4 heteroatoms. The van der Waals surface area contributed by atoms with Crippen LogP contribution in [0.25, 0.3) is 0 Å².